The van der Waals surface area contributed by atoms with E-state index in [9.17, 15) is 17.6 Å². The average Bonchev–Trinajstić information content (AvgIpc) is 2.69. The van der Waals surface area contributed by atoms with Gasteiger partial charge in [-0.25, -0.2) is 17.5 Å². The molecule has 0 fully saturated rings. The monoisotopic (exact) mass is 397 g/mol. The zero-order valence-corrected chi connectivity index (χ0v) is 15.9. The van der Waals surface area contributed by atoms with Crippen molar-refractivity contribution in [3.05, 3.63) is 107 Å². The van der Waals surface area contributed by atoms with Gasteiger partial charge >= 0.3 is 0 Å². The topological polar surface area (TPSA) is 63.2 Å². The summed E-state index contributed by atoms with van der Waals surface area (Å²) in [6.07, 6.45) is 0.127. The largest absolute Gasteiger partial charge is 0.292 e. The number of hydrogen-bond donors (Lipinski definition) is 1. The van der Waals surface area contributed by atoms with Crippen molar-refractivity contribution in [3.63, 3.8) is 0 Å². The smallest absolute Gasteiger partial charge is 0.216 e. The van der Waals surface area contributed by atoms with Crippen LogP contribution in [0.2, 0.25) is 0 Å². The van der Waals surface area contributed by atoms with Gasteiger partial charge in [-0.3, -0.25) is 4.79 Å². The lowest BCUT2D eigenvalue weighted by atomic mass is 9.98. The van der Waals surface area contributed by atoms with Gasteiger partial charge in [-0.15, -0.1) is 0 Å². The molecule has 0 heterocycles. The van der Waals surface area contributed by atoms with Crippen LogP contribution >= 0.6 is 0 Å². The molecule has 0 aliphatic rings. The number of rotatable bonds is 8. The van der Waals surface area contributed by atoms with Crippen LogP contribution in [0.25, 0.3) is 0 Å². The Morgan fingerprint density at radius 3 is 2.00 bits per heavy atom. The predicted octanol–water partition coefficient (Wildman–Crippen LogP) is 3.74. The summed E-state index contributed by atoms with van der Waals surface area (Å²) < 4.78 is 41.0. The van der Waals surface area contributed by atoms with Gasteiger partial charge in [-0.2, -0.15) is 0 Å². The average molecular weight is 397 g/mol. The minimum Gasteiger partial charge on any atom is -0.292 e. The molecule has 0 saturated heterocycles. The van der Waals surface area contributed by atoms with E-state index in [1.54, 1.807) is 72.8 Å². The summed E-state index contributed by atoms with van der Waals surface area (Å²) in [5, 5.41) is 0. The summed E-state index contributed by atoms with van der Waals surface area (Å²) in [5.74, 6) is -0.948. The third-order valence-corrected chi connectivity index (χ3v) is 5.61. The van der Waals surface area contributed by atoms with Crippen LogP contribution in [-0.2, 0) is 22.2 Å². The summed E-state index contributed by atoms with van der Waals surface area (Å²) in [6.45, 7) is 0. The lowest BCUT2D eigenvalue weighted by Gasteiger charge is -2.18. The normalized spacial score (nSPS) is 12.5. The van der Waals surface area contributed by atoms with Crippen molar-refractivity contribution >= 4 is 15.8 Å². The van der Waals surface area contributed by atoms with Gasteiger partial charge in [0.05, 0.1) is 11.8 Å². The highest BCUT2D eigenvalue weighted by Crippen LogP contribution is 2.13. The van der Waals surface area contributed by atoms with Crippen LogP contribution < -0.4 is 4.72 Å². The number of halogens is 1. The van der Waals surface area contributed by atoms with E-state index in [4.69, 9.17) is 0 Å². The lowest BCUT2D eigenvalue weighted by molar-refractivity contribution is 0.0953. The molecular formula is C22H20FNO3S. The number of hydrogen-bond acceptors (Lipinski definition) is 3. The highest BCUT2D eigenvalue weighted by atomic mass is 32.2. The summed E-state index contributed by atoms with van der Waals surface area (Å²) in [5.41, 5.74) is 1.71. The Morgan fingerprint density at radius 1 is 0.821 bits per heavy atom. The van der Waals surface area contributed by atoms with E-state index in [0.717, 1.165) is 0 Å². The third-order valence-electron chi connectivity index (χ3n) is 4.25. The van der Waals surface area contributed by atoms with Crippen molar-refractivity contribution in [1.29, 1.82) is 0 Å². The molecule has 3 aromatic rings. The second-order valence-corrected chi connectivity index (χ2v) is 8.23. The first-order valence-electron chi connectivity index (χ1n) is 8.80. The Morgan fingerprint density at radius 2 is 1.39 bits per heavy atom. The second kappa shape index (κ2) is 8.91. The Labute approximate surface area is 164 Å². The Bertz CT molecular complexity index is 1020. The molecule has 6 heteroatoms. The van der Waals surface area contributed by atoms with Crippen molar-refractivity contribution in [1.82, 2.24) is 4.72 Å². The van der Waals surface area contributed by atoms with Gasteiger partial charge in [0.15, 0.2) is 5.78 Å². The molecule has 1 atom stereocenters. The molecule has 3 rings (SSSR count). The molecule has 0 unspecified atom stereocenters. The first kappa shape index (κ1) is 19.9. The van der Waals surface area contributed by atoms with Crippen LogP contribution in [0.3, 0.4) is 0 Å². The van der Waals surface area contributed by atoms with Crippen molar-refractivity contribution in [2.45, 2.75) is 18.2 Å². The highest BCUT2D eigenvalue weighted by molar-refractivity contribution is 7.88. The fourth-order valence-corrected chi connectivity index (χ4v) is 4.24. The molecule has 0 saturated carbocycles. The van der Waals surface area contributed by atoms with Crippen LogP contribution in [0, 0.1) is 5.82 Å². The SMILES string of the molecule is O=C(c1ccccc1)[C@@H](Cc1ccc(F)cc1)NS(=O)(=O)Cc1ccccc1. The van der Waals surface area contributed by atoms with Crippen LogP contribution in [0.4, 0.5) is 4.39 Å². The number of carbonyl (C=O) groups excluding carboxylic acids is 1. The summed E-state index contributed by atoms with van der Waals surface area (Å²) in [7, 11) is -3.76. The zero-order chi connectivity index (χ0) is 20.0. The molecule has 4 nitrogen and oxygen atoms in total. The molecular weight excluding hydrogens is 377 g/mol. The van der Waals surface area contributed by atoms with Gasteiger partial charge in [-0.05, 0) is 29.7 Å². The van der Waals surface area contributed by atoms with Crippen molar-refractivity contribution in [2.24, 2.45) is 0 Å². The Balaban J connectivity index is 1.84. The van der Waals surface area contributed by atoms with Gasteiger partial charge in [-0.1, -0.05) is 72.8 Å². The molecule has 0 radical (unpaired) electrons. The molecule has 0 aliphatic heterocycles. The quantitative estimate of drug-likeness (QED) is 0.589. The van der Waals surface area contributed by atoms with Gasteiger partial charge in [0.25, 0.3) is 0 Å². The summed E-state index contributed by atoms with van der Waals surface area (Å²) in [4.78, 5) is 12.9. The number of Topliss-reactive ketones (excluding diaryl/α,β-unsaturated/α-hetero) is 1. The summed E-state index contributed by atoms with van der Waals surface area (Å²) in [6, 6.07) is 22.0. The first-order chi connectivity index (χ1) is 13.4. The minimum absolute atomic E-state index is 0.127. The lowest BCUT2D eigenvalue weighted by Crippen LogP contribution is -2.42. The molecule has 1 N–H and O–H groups in total. The predicted molar refractivity (Wildman–Crippen MR) is 107 cm³/mol. The van der Waals surface area contributed by atoms with Crippen LogP contribution in [0.15, 0.2) is 84.9 Å². The molecule has 28 heavy (non-hydrogen) atoms. The van der Waals surface area contributed by atoms with E-state index >= 15 is 0 Å². The van der Waals surface area contributed by atoms with Crippen molar-refractivity contribution in [3.8, 4) is 0 Å². The first-order valence-corrected chi connectivity index (χ1v) is 10.5. The third kappa shape index (κ3) is 5.58. The molecule has 0 amide bonds. The van der Waals surface area contributed by atoms with Crippen molar-refractivity contribution < 1.29 is 17.6 Å². The maximum atomic E-state index is 13.2. The maximum Gasteiger partial charge on any atom is 0.216 e. The molecule has 0 bridgehead atoms. The van der Waals surface area contributed by atoms with Gasteiger partial charge in [0, 0.05) is 5.56 Å². The second-order valence-electron chi connectivity index (χ2n) is 6.48. The fourth-order valence-electron chi connectivity index (χ4n) is 2.90. The summed E-state index contributed by atoms with van der Waals surface area (Å²) >= 11 is 0. The number of sulfonamides is 1. The highest BCUT2D eigenvalue weighted by Gasteiger charge is 2.26. The van der Waals surface area contributed by atoms with Crippen LogP contribution in [0.1, 0.15) is 21.5 Å². The van der Waals surface area contributed by atoms with Gasteiger partial charge < -0.3 is 0 Å². The number of benzene rings is 3. The number of ketones is 1. The molecule has 3 aromatic carbocycles. The molecule has 0 aliphatic carbocycles. The van der Waals surface area contributed by atoms with E-state index < -0.39 is 16.1 Å². The Kier molecular flexibility index (Phi) is 6.34. The van der Waals surface area contributed by atoms with E-state index in [0.29, 0.717) is 16.7 Å². The standard InChI is InChI=1S/C22H20FNO3S/c23-20-13-11-17(12-14-20)15-21(22(25)19-9-5-2-6-10-19)24-28(26,27)16-18-7-3-1-4-8-18/h1-14,21,24H,15-16H2/t21-/m1/s1. The molecule has 0 spiro atoms. The van der Waals surface area contributed by atoms with E-state index in [1.807, 2.05) is 0 Å². The van der Waals surface area contributed by atoms with Crippen LogP contribution in [0.5, 0.6) is 0 Å². The maximum absolute atomic E-state index is 13.2. The number of carbonyl (C=O) groups is 1. The van der Waals surface area contributed by atoms with E-state index in [-0.39, 0.29) is 23.8 Å². The minimum atomic E-state index is -3.76. The van der Waals surface area contributed by atoms with Gasteiger partial charge in [0.1, 0.15) is 5.82 Å². The van der Waals surface area contributed by atoms with Crippen LogP contribution in [-0.4, -0.2) is 20.2 Å². The van der Waals surface area contributed by atoms with Gasteiger partial charge in [0.2, 0.25) is 10.0 Å². The molecule has 0 aromatic heterocycles. The van der Waals surface area contributed by atoms with E-state index in [1.165, 1.54) is 12.1 Å². The number of nitrogens with one attached hydrogen (secondary N) is 1. The Hall–Kier alpha value is -2.83. The molecule has 144 valence electrons. The zero-order valence-electron chi connectivity index (χ0n) is 15.1. The fraction of sp³-hybridized carbons (Fsp3) is 0.136. The van der Waals surface area contributed by atoms with E-state index in [2.05, 4.69) is 4.72 Å². The van der Waals surface area contributed by atoms with Crippen molar-refractivity contribution in [2.75, 3.05) is 0 Å².